The van der Waals surface area contributed by atoms with Crippen LogP contribution in [0.15, 0.2) is 33.9 Å². The van der Waals surface area contributed by atoms with Crippen LogP contribution in [0.5, 0.6) is 0 Å². The Kier molecular flexibility index (Phi) is 8.87. The fraction of sp³-hybridized carbons (Fsp3) is 0.450. The average Bonchev–Trinajstić information content (AvgIpc) is 3.31. The van der Waals surface area contributed by atoms with E-state index in [1.165, 1.54) is 6.07 Å². The van der Waals surface area contributed by atoms with Crippen LogP contribution in [0.25, 0.3) is 10.9 Å². The summed E-state index contributed by atoms with van der Waals surface area (Å²) in [5, 5.41) is 11.5. The summed E-state index contributed by atoms with van der Waals surface area (Å²) < 4.78 is 18.7. The maximum Gasteiger partial charge on any atom is 0.226 e. The van der Waals surface area contributed by atoms with E-state index in [-0.39, 0.29) is 35.7 Å². The number of fused-ring (bicyclic) bond motifs is 1. The van der Waals surface area contributed by atoms with Gasteiger partial charge in [0.05, 0.1) is 0 Å². The second kappa shape index (κ2) is 11.1. The summed E-state index contributed by atoms with van der Waals surface area (Å²) in [6.45, 7) is 5.53. The molecule has 0 atom stereocenters. The van der Waals surface area contributed by atoms with E-state index in [1.807, 2.05) is 20.0 Å². The third-order valence-electron chi connectivity index (χ3n) is 4.50. The molecule has 29 heavy (non-hydrogen) atoms. The predicted octanol–water partition coefficient (Wildman–Crippen LogP) is 3.77. The topological polar surface area (TPSA) is 91.1 Å². The van der Waals surface area contributed by atoms with Gasteiger partial charge in [0.2, 0.25) is 5.89 Å². The first-order chi connectivity index (χ1) is 13.6. The number of guanidine groups is 1. The van der Waals surface area contributed by atoms with Crippen molar-refractivity contribution in [3.8, 4) is 0 Å². The number of aromatic amines is 1. The molecule has 0 aliphatic rings. The highest BCUT2D eigenvalue weighted by atomic mass is 127. The summed E-state index contributed by atoms with van der Waals surface area (Å²) in [6, 6.07) is 4.79. The van der Waals surface area contributed by atoms with E-state index in [4.69, 9.17) is 4.52 Å². The highest BCUT2D eigenvalue weighted by molar-refractivity contribution is 14.0. The minimum Gasteiger partial charge on any atom is -0.361 e. The molecule has 0 fully saturated rings. The molecule has 0 aliphatic heterocycles. The standard InChI is InChI=1S/C20H27FN6O.HI/c1-13(2)19-26-18(28-27-19)5-4-9-23-20(22-3)24-10-8-14-12-25-17-7-6-15(21)11-16(14)17;/h6-7,11-13,25H,4-5,8-10H2,1-3H3,(H2,22,23,24);1H. The number of aromatic nitrogens is 3. The van der Waals surface area contributed by atoms with Crippen molar-refractivity contribution >= 4 is 40.8 Å². The first-order valence-electron chi connectivity index (χ1n) is 9.59. The molecule has 3 aromatic rings. The molecule has 0 radical (unpaired) electrons. The van der Waals surface area contributed by atoms with Crippen LogP contribution >= 0.6 is 24.0 Å². The van der Waals surface area contributed by atoms with Crippen molar-refractivity contribution in [2.24, 2.45) is 4.99 Å². The zero-order chi connectivity index (χ0) is 19.9. The Labute approximate surface area is 187 Å². The van der Waals surface area contributed by atoms with Gasteiger partial charge in [-0.05, 0) is 36.6 Å². The van der Waals surface area contributed by atoms with Gasteiger partial charge in [0.1, 0.15) is 5.82 Å². The van der Waals surface area contributed by atoms with Crippen LogP contribution in [-0.4, -0.2) is 41.2 Å². The van der Waals surface area contributed by atoms with Crippen molar-refractivity contribution in [1.29, 1.82) is 0 Å². The highest BCUT2D eigenvalue weighted by Gasteiger charge is 2.09. The fourth-order valence-corrected chi connectivity index (χ4v) is 2.94. The molecule has 0 unspecified atom stereocenters. The van der Waals surface area contributed by atoms with E-state index in [2.05, 4.69) is 30.8 Å². The number of halogens is 2. The Balaban J connectivity index is 0.00000300. The molecule has 0 spiro atoms. The minimum atomic E-state index is -0.222. The van der Waals surface area contributed by atoms with Crippen LogP contribution < -0.4 is 10.6 Å². The monoisotopic (exact) mass is 514 g/mol. The highest BCUT2D eigenvalue weighted by Crippen LogP contribution is 2.19. The molecule has 0 amide bonds. The van der Waals surface area contributed by atoms with Gasteiger partial charge in [-0.3, -0.25) is 4.99 Å². The number of H-pyrrole nitrogens is 1. The van der Waals surface area contributed by atoms with Crippen molar-refractivity contribution < 1.29 is 8.91 Å². The van der Waals surface area contributed by atoms with Crippen molar-refractivity contribution in [3.63, 3.8) is 0 Å². The lowest BCUT2D eigenvalue weighted by Crippen LogP contribution is -2.38. The smallest absolute Gasteiger partial charge is 0.226 e. The Morgan fingerprint density at radius 2 is 2.03 bits per heavy atom. The molecule has 2 heterocycles. The molecular weight excluding hydrogens is 486 g/mol. The number of rotatable bonds is 8. The normalized spacial score (nSPS) is 11.7. The quantitative estimate of drug-likeness (QED) is 0.184. The minimum absolute atomic E-state index is 0. The van der Waals surface area contributed by atoms with Gasteiger partial charge in [-0.2, -0.15) is 4.98 Å². The lowest BCUT2D eigenvalue weighted by Gasteiger charge is -2.11. The van der Waals surface area contributed by atoms with Crippen LogP contribution in [0, 0.1) is 5.82 Å². The Bertz CT molecular complexity index is 936. The number of benzene rings is 1. The van der Waals surface area contributed by atoms with Gasteiger partial charge in [0.25, 0.3) is 0 Å². The number of aliphatic imine (C=N–C) groups is 1. The third kappa shape index (κ3) is 6.41. The van der Waals surface area contributed by atoms with Crippen LogP contribution in [0.4, 0.5) is 4.39 Å². The summed E-state index contributed by atoms with van der Waals surface area (Å²) in [7, 11) is 1.74. The SMILES string of the molecule is CN=C(NCCCc1nc(C(C)C)no1)NCCc1c[nH]c2ccc(F)cc12.I. The first-order valence-corrected chi connectivity index (χ1v) is 9.59. The van der Waals surface area contributed by atoms with Crippen molar-refractivity contribution in [2.45, 2.75) is 39.0 Å². The third-order valence-corrected chi connectivity index (χ3v) is 4.50. The molecule has 9 heteroatoms. The van der Waals surface area contributed by atoms with Crippen LogP contribution in [0.1, 0.15) is 43.5 Å². The maximum absolute atomic E-state index is 13.5. The summed E-state index contributed by atoms with van der Waals surface area (Å²) in [4.78, 5) is 11.8. The van der Waals surface area contributed by atoms with E-state index in [9.17, 15) is 4.39 Å². The van der Waals surface area contributed by atoms with Crippen molar-refractivity contribution in [1.82, 2.24) is 25.8 Å². The van der Waals surface area contributed by atoms with E-state index in [1.54, 1.807) is 19.2 Å². The average molecular weight is 514 g/mol. The van der Waals surface area contributed by atoms with Gasteiger partial charge >= 0.3 is 0 Å². The molecule has 1 aromatic carbocycles. The second-order valence-electron chi connectivity index (χ2n) is 6.98. The fourth-order valence-electron chi connectivity index (χ4n) is 2.94. The first kappa shape index (κ1) is 23.1. The number of aryl methyl sites for hydroxylation is 1. The maximum atomic E-state index is 13.5. The van der Waals surface area contributed by atoms with Gasteiger partial charge < -0.3 is 20.1 Å². The number of nitrogens with one attached hydrogen (secondary N) is 3. The zero-order valence-corrected chi connectivity index (χ0v) is 19.3. The van der Waals surface area contributed by atoms with Crippen LogP contribution in [-0.2, 0) is 12.8 Å². The molecular formula is C20H28FIN6O. The molecule has 0 aliphatic carbocycles. The number of hydrogen-bond acceptors (Lipinski definition) is 4. The molecule has 7 nitrogen and oxygen atoms in total. The zero-order valence-electron chi connectivity index (χ0n) is 17.0. The van der Waals surface area contributed by atoms with Crippen LogP contribution in [0.3, 0.4) is 0 Å². The Morgan fingerprint density at radius 1 is 1.24 bits per heavy atom. The molecule has 158 valence electrons. The molecule has 0 bridgehead atoms. The number of nitrogens with zero attached hydrogens (tertiary/aromatic N) is 3. The van der Waals surface area contributed by atoms with Gasteiger partial charge in [-0.15, -0.1) is 24.0 Å². The van der Waals surface area contributed by atoms with Crippen molar-refractivity contribution in [3.05, 3.63) is 47.5 Å². The van der Waals surface area contributed by atoms with Gasteiger partial charge in [0.15, 0.2) is 11.8 Å². The summed E-state index contributed by atoms with van der Waals surface area (Å²) in [6.07, 6.45) is 4.29. The lowest BCUT2D eigenvalue weighted by atomic mass is 10.1. The van der Waals surface area contributed by atoms with Crippen molar-refractivity contribution in [2.75, 3.05) is 20.1 Å². The number of hydrogen-bond donors (Lipinski definition) is 3. The largest absolute Gasteiger partial charge is 0.361 e. The van der Waals surface area contributed by atoms with E-state index >= 15 is 0 Å². The predicted molar refractivity (Wildman–Crippen MR) is 123 cm³/mol. The van der Waals surface area contributed by atoms with Gasteiger partial charge in [-0.25, -0.2) is 4.39 Å². The van der Waals surface area contributed by atoms with Crippen LogP contribution in [0.2, 0.25) is 0 Å². The Hall–Kier alpha value is -2.17. The second-order valence-corrected chi connectivity index (χ2v) is 6.98. The molecule has 3 N–H and O–H groups in total. The summed E-state index contributed by atoms with van der Waals surface area (Å²) in [5.74, 6) is 2.20. The van der Waals surface area contributed by atoms with Gasteiger partial charge in [-0.1, -0.05) is 19.0 Å². The molecule has 0 saturated heterocycles. The lowest BCUT2D eigenvalue weighted by molar-refractivity contribution is 0.368. The van der Waals surface area contributed by atoms with Gasteiger partial charge in [0, 0.05) is 49.6 Å². The summed E-state index contributed by atoms with van der Waals surface area (Å²) in [5.41, 5.74) is 2.02. The van der Waals surface area contributed by atoms with E-state index in [0.717, 1.165) is 54.1 Å². The summed E-state index contributed by atoms with van der Waals surface area (Å²) >= 11 is 0. The molecule has 2 aromatic heterocycles. The van der Waals surface area contributed by atoms with E-state index < -0.39 is 0 Å². The van der Waals surface area contributed by atoms with E-state index in [0.29, 0.717) is 12.4 Å². The Morgan fingerprint density at radius 3 is 2.76 bits per heavy atom. The molecule has 0 saturated carbocycles. The molecule has 3 rings (SSSR count).